The van der Waals surface area contributed by atoms with Crippen LogP contribution in [0.1, 0.15) is 19.5 Å². The first kappa shape index (κ1) is 22.3. The van der Waals surface area contributed by atoms with Gasteiger partial charge in [0.1, 0.15) is 11.6 Å². The third kappa shape index (κ3) is 5.66. The molecule has 0 saturated carbocycles. The van der Waals surface area contributed by atoms with Crippen LogP contribution in [0.15, 0.2) is 66.7 Å². The van der Waals surface area contributed by atoms with Crippen LogP contribution >= 0.6 is 0 Å². The van der Waals surface area contributed by atoms with Gasteiger partial charge in [0.15, 0.2) is 5.82 Å². The molecular formula is C23H24N6O3S. The fourth-order valence-corrected chi connectivity index (χ4v) is 3.58. The molecule has 0 bridgehead atoms. The van der Waals surface area contributed by atoms with E-state index in [-0.39, 0.29) is 6.01 Å². The van der Waals surface area contributed by atoms with Crippen LogP contribution in [0.5, 0.6) is 11.8 Å². The molecule has 0 spiro atoms. The smallest absolute Gasteiger partial charge is 0.324 e. The molecule has 0 fully saturated rings. The second-order valence-electron chi connectivity index (χ2n) is 7.67. The number of aromatic nitrogens is 4. The molecule has 0 aliphatic rings. The summed E-state index contributed by atoms with van der Waals surface area (Å²) in [5.74, 6) is 1.61. The summed E-state index contributed by atoms with van der Waals surface area (Å²) in [6.07, 6.45) is 0. The number of anilines is 3. The van der Waals surface area contributed by atoms with E-state index in [1.54, 1.807) is 38.1 Å². The van der Waals surface area contributed by atoms with Crippen LogP contribution < -0.4 is 14.8 Å². The monoisotopic (exact) mass is 464 g/mol. The van der Waals surface area contributed by atoms with Gasteiger partial charge in [0, 0.05) is 29.1 Å². The van der Waals surface area contributed by atoms with Crippen molar-refractivity contribution in [1.29, 1.82) is 0 Å². The summed E-state index contributed by atoms with van der Waals surface area (Å²) in [4.78, 5) is 8.99. The summed E-state index contributed by atoms with van der Waals surface area (Å²) in [6.45, 7) is 5.15. The molecule has 4 aromatic rings. The van der Waals surface area contributed by atoms with Crippen molar-refractivity contribution in [3.05, 3.63) is 72.4 Å². The summed E-state index contributed by atoms with van der Waals surface area (Å²) in [6, 6.07) is 20.1. The third-order valence-electron chi connectivity index (χ3n) is 4.68. The van der Waals surface area contributed by atoms with Gasteiger partial charge in [0.25, 0.3) is 0 Å². The Morgan fingerprint density at radius 1 is 0.939 bits per heavy atom. The molecule has 0 saturated heterocycles. The van der Waals surface area contributed by atoms with Crippen LogP contribution in [0.2, 0.25) is 0 Å². The Labute approximate surface area is 192 Å². The van der Waals surface area contributed by atoms with Crippen molar-refractivity contribution < 1.29 is 13.2 Å². The Kier molecular flexibility index (Phi) is 6.27. The van der Waals surface area contributed by atoms with Crippen LogP contribution in [-0.4, -0.2) is 33.8 Å². The Bertz CT molecular complexity index is 1340. The van der Waals surface area contributed by atoms with Crippen molar-refractivity contribution in [2.45, 2.75) is 26.0 Å². The maximum absolute atomic E-state index is 12.1. The van der Waals surface area contributed by atoms with E-state index in [1.165, 1.54) is 0 Å². The van der Waals surface area contributed by atoms with Crippen LogP contribution in [-0.2, 0) is 10.0 Å². The molecule has 170 valence electrons. The van der Waals surface area contributed by atoms with Gasteiger partial charge in [-0.3, -0.25) is 9.82 Å². The predicted octanol–water partition coefficient (Wildman–Crippen LogP) is 4.86. The van der Waals surface area contributed by atoms with Crippen LogP contribution in [0.25, 0.3) is 11.3 Å². The number of ether oxygens (including phenoxy) is 1. The first-order chi connectivity index (χ1) is 15.8. The maximum atomic E-state index is 12.1. The first-order valence-corrected chi connectivity index (χ1v) is 11.9. The summed E-state index contributed by atoms with van der Waals surface area (Å²) in [5.41, 5.74) is 2.95. The lowest BCUT2D eigenvalue weighted by Crippen LogP contribution is -2.22. The first-order valence-electron chi connectivity index (χ1n) is 10.3. The number of aryl methyl sites for hydroxylation is 1. The minimum Gasteiger partial charge on any atom is -0.424 e. The second kappa shape index (κ2) is 9.29. The SMILES string of the molecule is Cc1cc(Nc2cc(-c3ccccc3)nc(Oc3ccc(NS(=O)(=O)C(C)C)cc3)n2)n[nH]1. The fraction of sp³-hybridized carbons (Fsp3) is 0.174. The molecule has 9 nitrogen and oxygen atoms in total. The Morgan fingerprint density at radius 3 is 2.30 bits per heavy atom. The second-order valence-corrected chi connectivity index (χ2v) is 9.91. The quantitative estimate of drug-likeness (QED) is 0.340. The predicted molar refractivity (Wildman–Crippen MR) is 128 cm³/mol. The van der Waals surface area contributed by atoms with Gasteiger partial charge in [-0.1, -0.05) is 30.3 Å². The number of nitrogens with one attached hydrogen (secondary N) is 3. The lowest BCUT2D eigenvalue weighted by atomic mass is 10.1. The molecule has 0 aliphatic heterocycles. The van der Waals surface area contributed by atoms with Crippen LogP contribution in [0.3, 0.4) is 0 Å². The highest BCUT2D eigenvalue weighted by molar-refractivity contribution is 7.93. The van der Waals surface area contributed by atoms with E-state index >= 15 is 0 Å². The number of H-pyrrole nitrogens is 1. The molecule has 2 heterocycles. The van der Waals surface area contributed by atoms with Crippen molar-refractivity contribution in [3.63, 3.8) is 0 Å². The summed E-state index contributed by atoms with van der Waals surface area (Å²) in [5, 5.41) is 9.69. The van der Waals surface area contributed by atoms with Gasteiger partial charge in [0.2, 0.25) is 10.0 Å². The number of hydrogen-bond acceptors (Lipinski definition) is 7. The molecule has 3 N–H and O–H groups in total. The number of nitrogens with zero attached hydrogens (tertiary/aromatic N) is 3. The molecule has 2 aromatic heterocycles. The van der Waals surface area contributed by atoms with Crippen molar-refractivity contribution in [2.24, 2.45) is 0 Å². The normalized spacial score (nSPS) is 11.4. The van der Waals surface area contributed by atoms with Gasteiger partial charge in [-0.25, -0.2) is 8.42 Å². The molecule has 33 heavy (non-hydrogen) atoms. The minimum absolute atomic E-state index is 0.140. The largest absolute Gasteiger partial charge is 0.424 e. The minimum atomic E-state index is -3.43. The Balaban J connectivity index is 1.60. The van der Waals surface area contributed by atoms with E-state index < -0.39 is 15.3 Å². The van der Waals surface area contributed by atoms with Gasteiger partial charge < -0.3 is 10.1 Å². The molecule has 2 aromatic carbocycles. The van der Waals surface area contributed by atoms with Gasteiger partial charge >= 0.3 is 6.01 Å². The number of hydrogen-bond donors (Lipinski definition) is 3. The lowest BCUT2D eigenvalue weighted by Gasteiger charge is -2.12. The Morgan fingerprint density at radius 2 is 1.67 bits per heavy atom. The molecule has 10 heteroatoms. The topological polar surface area (TPSA) is 122 Å². The van der Waals surface area contributed by atoms with E-state index in [4.69, 9.17) is 4.74 Å². The van der Waals surface area contributed by atoms with Crippen LogP contribution in [0, 0.1) is 6.92 Å². The van der Waals surface area contributed by atoms with Gasteiger partial charge in [-0.05, 0) is 45.0 Å². The lowest BCUT2D eigenvalue weighted by molar-refractivity contribution is 0.443. The number of aromatic amines is 1. The maximum Gasteiger partial charge on any atom is 0.324 e. The highest BCUT2D eigenvalue weighted by atomic mass is 32.2. The van der Waals surface area contributed by atoms with Gasteiger partial charge in [-0.15, -0.1) is 0 Å². The van der Waals surface area contributed by atoms with Crippen molar-refractivity contribution in [3.8, 4) is 23.0 Å². The number of rotatable bonds is 8. The molecular weight excluding hydrogens is 440 g/mol. The van der Waals surface area contributed by atoms with E-state index in [0.717, 1.165) is 11.3 Å². The van der Waals surface area contributed by atoms with Gasteiger partial charge in [0.05, 0.1) is 10.9 Å². The van der Waals surface area contributed by atoms with Crippen molar-refractivity contribution in [1.82, 2.24) is 20.2 Å². The highest BCUT2D eigenvalue weighted by Crippen LogP contribution is 2.27. The van der Waals surface area contributed by atoms with E-state index in [9.17, 15) is 8.42 Å². The zero-order chi connectivity index (χ0) is 23.4. The zero-order valence-electron chi connectivity index (χ0n) is 18.4. The molecule has 0 radical (unpaired) electrons. The van der Waals surface area contributed by atoms with Gasteiger partial charge in [-0.2, -0.15) is 15.1 Å². The molecule has 0 atom stereocenters. The summed E-state index contributed by atoms with van der Waals surface area (Å²) < 4.78 is 32.6. The van der Waals surface area contributed by atoms with E-state index in [2.05, 4.69) is 30.2 Å². The van der Waals surface area contributed by atoms with Crippen molar-refractivity contribution in [2.75, 3.05) is 10.0 Å². The average Bonchev–Trinajstić information content (AvgIpc) is 3.19. The fourth-order valence-electron chi connectivity index (χ4n) is 2.88. The zero-order valence-corrected chi connectivity index (χ0v) is 19.2. The summed E-state index contributed by atoms with van der Waals surface area (Å²) in [7, 11) is -3.43. The van der Waals surface area contributed by atoms with E-state index in [0.29, 0.717) is 28.8 Å². The number of benzene rings is 2. The number of sulfonamides is 1. The standard InChI is InChI=1S/C23H24N6O3S/c1-15(2)33(30,31)29-18-9-11-19(12-10-18)32-23-24-20(17-7-5-4-6-8-17)14-21(26-23)25-22-13-16(3)27-28-22/h4-15,29H,1-3H3,(H2,24,25,26,27,28). The molecule has 0 aliphatic carbocycles. The summed E-state index contributed by atoms with van der Waals surface area (Å²) >= 11 is 0. The highest BCUT2D eigenvalue weighted by Gasteiger charge is 2.16. The third-order valence-corrected chi connectivity index (χ3v) is 6.44. The molecule has 0 unspecified atom stereocenters. The Hall–Kier alpha value is -3.92. The van der Waals surface area contributed by atoms with E-state index in [1.807, 2.05) is 49.4 Å². The average molecular weight is 465 g/mol. The molecule has 0 amide bonds. The molecule has 4 rings (SSSR count). The van der Waals surface area contributed by atoms with Crippen LogP contribution in [0.4, 0.5) is 17.3 Å². The van der Waals surface area contributed by atoms with Crippen molar-refractivity contribution >= 4 is 27.3 Å².